The van der Waals surface area contributed by atoms with Crippen LogP contribution in [0.2, 0.25) is 0 Å². The second-order valence-corrected chi connectivity index (χ2v) is 2.53. The van der Waals surface area contributed by atoms with Crippen molar-refractivity contribution in [3.8, 4) is 6.07 Å². The van der Waals surface area contributed by atoms with Crippen molar-refractivity contribution in [2.45, 2.75) is 6.42 Å². The maximum absolute atomic E-state index is 11.2. The summed E-state index contributed by atoms with van der Waals surface area (Å²) in [5, 5.41) is 8.28. The summed E-state index contributed by atoms with van der Waals surface area (Å²) in [7, 11) is 1.65. The number of carbonyl (C=O) groups excluding carboxylic acids is 1. The van der Waals surface area contributed by atoms with Gasteiger partial charge in [-0.15, -0.1) is 6.58 Å². The topological polar surface area (TPSA) is 53.3 Å². The molecule has 0 rings (SSSR count). The molecular weight excluding hydrogens is 168 g/mol. The Kier molecular flexibility index (Phi) is 6.56. The minimum Gasteiger partial charge on any atom is -0.368 e. The van der Waals surface area contributed by atoms with Gasteiger partial charge >= 0.3 is 0 Å². The predicted molar refractivity (Wildman–Crippen MR) is 48.9 cm³/mol. The number of hydrogen-bond donors (Lipinski definition) is 0. The van der Waals surface area contributed by atoms with Crippen molar-refractivity contribution >= 4 is 5.91 Å². The Hall–Kier alpha value is -1.34. The molecule has 1 amide bonds. The number of nitriles is 1. The Labute approximate surface area is 78.4 Å². The van der Waals surface area contributed by atoms with Gasteiger partial charge in [0.15, 0.2) is 0 Å². The Morgan fingerprint density at radius 2 is 2.46 bits per heavy atom. The van der Waals surface area contributed by atoms with E-state index in [1.807, 2.05) is 6.07 Å². The van der Waals surface area contributed by atoms with Crippen molar-refractivity contribution in [2.75, 3.05) is 26.8 Å². The standard InChI is InChI=1S/C9H14N2O2/c1-3-7-13-8-9(12)11(2)6-4-5-10/h3H,1,4,6-8H2,2H3. The molecule has 0 unspecified atom stereocenters. The lowest BCUT2D eigenvalue weighted by Gasteiger charge is -2.14. The minimum atomic E-state index is -0.114. The van der Waals surface area contributed by atoms with Crippen LogP contribution in [0.25, 0.3) is 0 Å². The van der Waals surface area contributed by atoms with E-state index in [-0.39, 0.29) is 12.5 Å². The fraction of sp³-hybridized carbons (Fsp3) is 0.556. The number of rotatable bonds is 6. The molecule has 0 saturated carbocycles. The number of likely N-dealkylation sites (N-methyl/N-ethyl adjacent to an activating group) is 1. The fourth-order valence-corrected chi connectivity index (χ4v) is 0.682. The lowest BCUT2D eigenvalue weighted by atomic mass is 10.4. The normalized spacial score (nSPS) is 8.92. The largest absolute Gasteiger partial charge is 0.368 e. The van der Waals surface area contributed by atoms with Crippen LogP contribution < -0.4 is 0 Å². The summed E-state index contributed by atoms with van der Waals surface area (Å²) in [6.45, 7) is 4.33. The molecule has 4 nitrogen and oxygen atoms in total. The first-order valence-electron chi connectivity index (χ1n) is 4.02. The molecule has 0 aliphatic heterocycles. The van der Waals surface area contributed by atoms with Gasteiger partial charge in [0.25, 0.3) is 0 Å². The van der Waals surface area contributed by atoms with E-state index in [2.05, 4.69) is 6.58 Å². The third kappa shape index (κ3) is 5.88. The average molecular weight is 182 g/mol. The van der Waals surface area contributed by atoms with Crippen LogP contribution in [-0.2, 0) is 9.53 Å². The van der Waals surface area contributed by atoms with Crippen LogP contribution >= 0.6 is 0 Å². The van der Waals surface area contributed by atoms with Crippen molar-refractivity contribution in [1.29, 1.82) is 5.26 Å². The van der Waals surface area contributed by atoms with Gasteiger partial charge < -0.3 is 9.64 Å². The molecule has 0 aliphatic rings. The van der Waals surface area contributed by atoms with E-state index in [1.54, 1.807) is 13.1 Å². The van der Waals surface area contributed by atoms with Crippen LogP contribution in [0.1, 0.15) is 6.42 Å². The zero-order chi connectivity index (χ0) is 10.1. The summed E-state index contributed by atoms with van der Waals surface area (Å²) in [5.41, 5.74) is 0. The highest BCUT2D eigenvalue weighted by Gasteiger charge is 2.06. The molecule has 72 valence electrons. The monoisotopic (exact) mass is 182 g/mol. The highest BCUT2D eigenvalue weighted by molar-refractivity contribution is 5.77. The van der Waals surface area contributed by atoms with Gasteiger partial charge in [-0.3, -0.25) is 4.79 Å². The molecule has 0 aromatic heterocycles. The molecule has 0 fully saturated rings. The molecule has 0 spiro atoms. The van der Waals surface area contributed by atoms with Crippen molar-refractivity contribution in [1.82, 2.24) is 4.90 Å². The maximum atomic E-state index is 11.2. The predicted octanol–water partition coefficient (Wildman–Crippen LogP) is 0.561. The summed E-state index contributed by atoms with van der Waals surface area (Å²) in [6.07, 6.45) is 1.94. The number of carbonyl (C=O) groups is 1. The summed E-state index contributed by atoms with van der Waals surface area (Å²) in [6, 6.07) is 1.97. The number of amides is 1. The minimum absolute atomic E-state index is 0.0496. The molecule has 4 heteroatoms. The first-order chi connectivity index (χ1) is 6.22. The van der Waals surface area contributed by atoms with Gasteiger partial charge in [-0.2, -0.15) is 5.26 Å². The summed E-state index contributed by atoms with van der Waals surface area (Å²) >= 11 is 0. The molecule has 0 aromatic carbocycles. The molecule has 0 saturated heterocycles. The van der Waals surface area contributed by atoms with Gasteiger partial charge in [0.2, 0.25) is 5.91 Å². The molecule has 0 heterocycles. The van der Waals surface area contributed by atoms with Crippen LogP contribution in [-0.4, -0.2) is 37.6 Å². The van der Waals surface area contributed by atoms with Gasteiger partial charge in [-0.1, -0.05) is 6.08 Å². The second-order valence-electron chi connectivity index (χ2n) is 2.53. The SMILES string of the molecule is C=CCOCC(=O)N(C)CCC#N. The van der Waals surface area contributed by atoms with E-state index in [0.29, 0.717) is 19.6 Å². The molecular formula is C9H14N2O2. The lowest BCUT2D eigenvalue weighted by molar-refractivity contribution is -0.134. The zero-order valence-corrected chi connectivity index (χ0v) is 7.82. The Morgan fingerprint density at radius 3 is 3.00 bits per heavy atom. The third-order valence-corrected chi connectivity index (χ3v) is 1.45. The van der Waals surface area contributed by atoms with Crippen LogP contribution in [0.3, 0.4) is 0 Å². The summed E-state index contributed by atoms with van der Waals surface area (Å²) in [4.78, 5) is 12.7. The summed E-state index contributed by atoms with van der Waals surface area (Å²) in [5.74, 6) is -0.114. The van der Waals surface area contributed by atoms with Crippen LogP contribution in [0.15, 0.2) is 12.7 Å². The van der Waals surface area contributed by atoms with E-state index >= 15 is 0 Å². The average Bonchev–Trinajstić information content (AvgIpc) is 2.14. The maximum Gasteiger partial charge on any atom is 0.248 e. The molecule has 0 bridgehead atoms. The van der Waals surface area contributed by atoms with Gasteiger partial charge in [-0.25, -0.2) is 0 Å². The highest BCUT2D eigenvalue weighted by atomic mass is 16.5. The van der Waals surface area contributed by atoms with Gasteiger partial charge in [0.05, 0.1) is 19.1 Å². The van der Waals surface area contributed by atoms with Crippen molar-refractivity contribution in [3.05, 3.63) is 12.7 Å². The van der Waals surface area contributed by atoms with Crippen LogP contribution in [0.5, 0.6) is 0 Å². The van der Waals surface area contributed by atoms with Crippen molar-refractivity contribution in [3.63, 3.8) is 0 Å². The molecule has 0 atom stereocenters. The third-order valence-electron chi connectivity index (χ3n) is 1.45. The highest BCUT2D eigenvalue weighted by Crippen LogP contribution is 1.89. The molecule has 0 aromatic rings. The van der Waals surface area contributed by atoms with Crippen LogP contribution in [0.4, 0.5) is 0 Å². The van der Waals surface area contributed by atoms with E-state index in [1.165, 1.54) is 4.90 Å². The number of hydrogen-bond acceptors (Lipinski definition) is 3. The van der Waals surface area contributed by atoms with E-state index in [4.69, 9.17) is 10.00 Å². The molecule has 0 N–H and O–H groups in total. The van der Waals surface area contributed by atoms with Gasteiger partial charge in [0, 0.05) is 13.6 Å². The fourth-order valence-electron chi connectivity index (χ4n) is 0.682. The molecule has 0 radical (unpaired) electrons. The van der Waals surface area contributed by atoms with E-state index in [9.17, 15) is 4.79 Å². The van der Waals surface area contributed by atoms with E-state index < -0.39 is 0 Å². The van der Waals surface area contributed by atoms with E-state index in [0.717, 1.165) is 0 Å². The van der Waals surface area contributed by atoms with Crippen molar-refractivity contribution in [2.24, 2.45) is 0 Å². The van der Waals surface area contributed by atoms with Crippen molar-refractivity contribution < 1.29 is 9.53 Å². The first-order valence-corrected chi connectivity index (χ1v) is 4.02. The summed E-state index contributed by atoms with van der Waals surface area (Å²) < 4.78 is 4.95. The van der Waals surface area contributed by atoms with Gasteiger partial charge in [-0.05, 0) is 0 Å². The number of ether oxygens (including phenoxy) is 1. The smallest absolute Gasteiger partial charge is 0.248 e. The Balaban J connectivity index is 3.57. The second kappa shape index (κ2) is 7.32. The quantitative estimate of drug-likeness (QED) is 0.445. The van der Waals surface area contributed by atoms with Gasteiger partial charge in [0.1, 0.15) is 6.61 Å². The first kappa shape index (κ1) is 11.7. The molecule has 0 aliphatic carbocycles. The molecule has 13 heavy (non-hydrogen) atoms. The van der Waals surface area contributed by atoms with Crippen LogP contribution in [0, 0.1) is 11.3 Å². The Bertz CT molecular complexity index is 208. The lowest BCUT2D eigenvalue weighted by Crippen LogP contribution is -2.31. The zero-order valence-electron chi connectivity index (χ0n) is 7.82. The Morgan fingerprint density at radius 1 is 1.77 bits per heavy atom. The number of nitrogens with zero attached hydrogens (tertiary/aromatic N) is 2.